The summed E-state index contributed by atoms with van der Waals surface area (Å²) in [5, 5.41) is 12.4. The van der Waals surface area contributed by atoms with E-state index < -0.39 is 0 Å². The van der Waals surface area contributed by atoms with Crippen molar-refractivity contribution >= 4 is 28.2 Å². The van der Waals surface area contributed by atoms with Crippen LogP contribution in [0.1, 0.15) is 63.9 Å². The molecule has 1 N–H and O–H groups in total. The molecule has 0 bridgehead atoms. The van der Waals surface area contributed by atoms with Gasteiger partial charge in [-0.25, -0.2) is 0 Å². The Morgan fingerprint density at radius 3 is 2.22 bits per heavy atom. The third-order valence-electron chi connectivity index (χ3n) is 4.45. The van der Waals surface area contributed by atoms with Gasteiger partial charge < -0.3 is 0 Å². The first kappa shape index (κ1) is 18.9. The van der Waals surface area contributed by atoms with Crippen LogP contribution in [0.25, 0.3) is 0 Å². The minimum atomic E-state index is -0.359. The summed E-state index contributed by atoms with van der Waals surface area (Å²) in [6.07, 6.45) is 1.96. The van der Waals surface area contributed by atoms with Crippen molar-refractivity contribution < 1.29 is 9.59 Å². The summed E-state index contributed by atoms with van der Waals surface area (Å²) in [4.78, 5) is 25.6. The summed E-state index contributed by atoms with van der Waals surface area (Å²) in [5.41, 5.74) is 1.24. The SMILES string of the molecule is CCC(CC)c1nnc(NC(=O)c2ccccc2C(=O)c2ccccc2)s1. The highest BCUT2D eigenvalue weighted by molar-refractivity contribution is 7.15. The number of carbonyl (C=O) groups excluding carboxylic acids is 2. The second-order valence-electron chi connectivity index (χ2n) is 6.15. The van der Waals surface area contributed by atoms with Gasteiger partial charge in [0.2, 0.25) is 5.13 Å². The lowest BCUT2D eigenvalue weighted by molar-refractivity contribution is 0.0996. The van der Waals surface area contributed by atoms with Gasteiger partial charge in [-0.05, 0) is 18.9 Å². The zero-order chi connectivity index (χ0) is 19.2. The highest BCUT2D eigenvalue weighted by Crippen LogP contribution is 2.28. The molecule has 6 heteroatoms. The molecule has 1 amide bonds. The average Bonchev–Trinajstić information content (AvgIpc) is 3.17. The molecule has 1 heterocycles. The molecule has 3 rings (SSSR count). The van der Waals surface area contributed by atoms with E-state index >= 15 is 0 Å². The quantitative estimate of drug-likeness (QED) is 0.591. The molecular formula is C21H21N3O2S. The van der Waals surface area contributed by atoms with Crippen LogP contribution in [0.15, 0.2) is 54.6 Å². The predicted octanol–water partition coefficient (Wildman–Crippen LogP) is 4.93. The summed E-state index contributed by atoms with van der Waals surface area (Å²) in [6.45, 7) is 4.22. The van der Waals surface area contributed by atoms with Crippen LogP contribution in [0, 0.1) is 0 Å². The van der Waals surface area contributed by atoms with Gasteiger partial charge in [-0.15, -0.1) is 10.2 Å². The van der Waals surface area contributed by atoms with Crippen molar-refractivity contribution in [1.29, 1.82) is 0 Å². The maximum atomic E-state index is 12.8. The van der Waals surface area contributed by atoms with E-state index in [0.717, 1.165) is 17.8 Å². The number of aromatic nitrogens is 2. The molecule has 0 spiro atoms. The Morgan fingerprint density at radius 2 is 1.56 bits per heavy atom. The van der Waals surface area contributed by atoms with Crippen LogP contribution in [0.2, 0.25) is 0 Å². The molecule has 0 radical (unpaired) electrons. The Bertz CT molecular complexity index is 933. The standard InChI is InChI=1S/C21H21N3O2S/c1-3-14(4-2)20-23-24-21(27-20)22-19(26)17-13-9-8-12-16(17)18(25)15-10-6-5-7-11-15/h5-14H,3-4H2,1-2H3,(H,22,24,26). The number of benzene rings is 2. The zero-order valence-corrected chi connectivity index (χ0v) is 16.1. The first-order chi connectivity index (χ1) is 13.1. The van der Waals surface area contributed by atoms with Crippen molar-refractivity contribution in [3.8, 4) is 0 Å². The van der Waals surface area contributed by atoms with Crippen molar-refractivity contribution in [2.24, 2.45) is 0 Å². The van der Waals surface area contributed by atoms with Gasteiger partial charge in [-0.3, -0.25) is 14.9 Å². The molecule has 138 valence electrons. The van der Waals surface area contributed by atoms with E-state index in [1.165, 1.54) is 11.3 Å². The summed E-state index contributed by atoms with van der Waals surface area (Å²) >= 11 is 1.38. The molecule has 0 fully saturated rings. The van der Waals surface area contributed by atoms with Gasteiger partial charge >= 0.3 is 0 Å². The maximum Gasteiger partial charge on any atom is 0.258 e. The second kappa shape index (κ2) is 8.68. The van der Waals surface area contributed by atoms with E-state index in [0.29, 0.717) is 27.7 Å². The van der Waals surface area contributed by atoms with Crippen LogP contribution in [0.4, 0.5) is 5.13 Å². The fraction of sp³-hybridized carbons (Fsp3) is 0.238. The van der Waals surface area contributed by atoms with Gasteiger partial charge in [0, 0.05) is 17.0 Å². The van der Waals surface area contributed by atoms with Gasteiger partial charge in [-0.1, -0.05) is 73.7 Å². The van der Waals surface area contributed by atoms with E-state index in [1.807, 2.05) is 6.07 Å². The fourth-order valence-electron chi connectivity index (χ4n) is 2.88. The predicted molar refractivity (Wildman–Crippen MR) is 108 cm³/mol. The number of hydrogen-bond donors (Lipinski definition) is 1. The summed E-state index contributed by atoms with van der Waals surface area (Å²) < 4.78 is 0. The van der Waals surface area contributed by atoms with Crippen molar-refractivity contribution in [3.05, 3.63) is 76.3 Å². The highest BCUT2D eigenvalue weighted by Gasteiger charge is 2.20. The molecule has 0 unspecified atom stereocenters. The molecule has 2 aromatic carbocycles. The van der Waals surface area contributed by atoms with Crippen LogP contribution < -0.4 is 5.32 Å². The van der Waals surface area contributed by atoms with E-state index in [2.05, 4.69) is 29.4 Å². The van der Waals surface area contributed by atoms with Gasteiger partial charge in [0.1, 0.15) is 5.01 Å². The lowest BCUT2D eigenvalue weighted by atomic mass is 9.98. The topological polar surface area (TPSA) is 72.0 Å². The van der Waals surface area contributed by atoms with Crippen LogP contribution in [-0.4, -0.2) is 21.9 Å². The molecule has 0 saturated carbocycles. The Balaban J connectivity index is 1.83. The number of ketones is 1. The zero-order valence-electron chi connectivity index (χ0n) is 15.3. The first-order valence-electron chi connectivity index (χ1n) is 8.97. The smallest absolute Gasteiger partial charge is 0.258 e. The van der Waals surface area contributed by atoms with Gasteiger partial charge in [0.25, 0.3) is 5.91 Å². The van der Waals surface area contributed by atoms with Crippen molar-refractivity contribution in [2.75, 3.05) is 5.32 Å². The molecule has 0 aliphatic heterocycles. The molecule has 1 aromatic heterocycles. The number of anilines is 1. The lowest BCUT2D eigenvalue weighted by Gasteiger charge is -2.08. The third kappa shape index (κ3) is 4.28. The number of amides is 1. The molecular weight excluding hydrogens is 358 g/mol. The summed E-state index contributed by atoms with van der Waals surface area (Å²) in [5.74, 6) is -0.196. The third-order valence-corrected chi connectivity index (χ3v) is 5.45. The van der Waals surface area contributed by atoms with E-state index in [4.69, 9.17) is 0 Å². The Kier molecular flexibility index (Phi) is 6.08. The summed E-state index contributed by atoms with van der Waals surface area (Å²) in [7, 11) is 0. The van der Waals surface area contributed by atoms with E-state index in [-0.39, 0.29) is 11.7 Å². The van der Waals surface area contributed by atoms with Crippen molar-refractivity contribution in [1.82, 2.24) is 10.2 Å². The lowest BCUT2D eigenvalue weighted by Crippen LogP contribution is -2.16. The Hall–Kier alpha value is -2.86. The van der Waals surface area contributed by atoms with Gasteiger partial charge in [-0.2, -0.15) is 0 Å². The highest BCUT2D eigenvalue weighted by atomic mass is 32.1. The number of hydrogen-bond acceptors (Lipinski definition) is 5. The molecule has 5 nitrogen and oxygen atoms in total. The minimum absolute atomic E-state index is 0.184. The Morgan fingerprint density at radius 1 is 0.926 bits per heavy atom. The number of rotatable bonds is 7. The van der Waals surface area contributed by atoms with Crippen molar-refractivity contribution in [3.63, 3.8) is 0 Å². The minimum Gasteiger partial charge on any atom is -0.296 e. The Labute approximate surface area is 162 Å². The maximum absolute atomic E-state index is 12.8. The molecule has 0 atom stereocenters. The summed E-state index contributed by atoms with van der Waals surface area (Å²) in [6, 6.07) is 15.7. The number of carbonyl (C=O) groups is 2. The molecule has 0 aliphatic rings. The van der Waals surface area contributed by atoms with Gasteiger partial charge in [0.15, 0.2) is 5.78 Å². The molecule has 3 aromatic rings. The first-order valence-corrected chi connectivity index (χ1v) is 9.79. The van der Waals surface area contributed by atoms with Crippen LogP contribution in [0.3, 0.4) is 0 Å². The van der Waals surface area contributed by atoms with E-state index in [1.54, 1.807) is 48.5 Å². The largest absolute Gasteiger partial charge is 0.296 e. The van der Waals surface area contributed by atoms with Gasteiger partial charge in [0.05, 0.1) is 5.56 Å². The monoisotopic (exact) mass is 379 g/mol. The molecule has 0 aliphatic carbocycles. The number of nitrogens with one attached hydrogen (secondary N) is 1. The second-order valence-corrected chi connectivity index (χ2v) is 7.16. The number of nitrogens with zero attached hydrogens (tertiary/aromatic N) is 2. The van der Waals surface area contributed by atoms with Crippen LogP contribution in [0.5, 0.6) is 0 Å². The van der Waals surface area contributed by atoms with Crippen LogP contribution >= 0.6 is 11.3 Å². The normalized spacial score (nSPS) is 10.8. The van der Waals surface area contributed by atoms with Crippen LogP contribution in [-0.2, 0) is 0 Å². The van der Waals surface area contributed by atoms with E-state index in [9.17, 15) is 9.59 Å². The molecule has 0 saturated heterocycles. The fourth-order valence-corrected chi connectivity index (χ4v) is 3.88. The van der Waals surface area contributed by atoms with Crippen molar-refractivity contribution in [2.45, 2.75) is 32.6 Å². The molecule has 27 heavy (non-hydrogen) atoms. The average molecular weight is 379 g/mol.